The van der Waals surface area contributed by atoms with Crippen molar-refractivity contribution in [2.75, 3.05) is 27.4 Å². The van der Waals surface area contributed by atoms with Crippen molar-refractivity contribution in [1.82, 2.24) is 16.1 Å². The predicted molar refractivity (Wildman–Crippen MR) is 180 cm³/mol. The molecule has 1 aliphatic heterocycles. The number of amides is 2. The minimum absolute atomic E-state index is 0.190. The third kappa shape index (κ3) is 9.05. The average molecular weight is 756 g/mol. The van der Waals surface area contributed by atoms with Crippen LogP contribution in [0, 0.1) is 14.9 Å². The molecule has 2 atom stereocenters. The largest absolute Gasteiger partial charge is 0.493 e. The fourth-order valence-electron chi connectivity index (χ4n) is 4.64. The van der Waals surface area contributed by atoms with E-state index in [0.717, 1.165) is 9.13 Å². The van der Waals surface area contributed by atoms with E-state index in [4.69, 9.17) is 28.9 Å². The summed E-state index contributed by atoms with van der Waals surface area (Å²) < 4.78 is 29.0. The lowest BCUT2D eigenvalue weighted by Crippen LogP contribution is -2.45. The first-order valence-corrected chi connectivity index (χ1v) is 15.5. The maximum atomic E-state index is 12.5. The molecule has 3 aromatic rings. The van der Waals surface area contributed by atoms with Crippen LogP contribution in [0.25, 0.3) is 0 Å². The summed E-state index contributed by atoms with van der Waals surface area (Å²) in [5, 5.41) is 29.1. The van der Waals surface area contributed by atoms with Gasteiger partial charge in [0.2, 0.25) is 0 Å². The SMILES string of the molecule is CCOc1cc([C@H]2NC(=O)NC(C)=C2C(=O)OC)ccc1OC[C@H](O)N/N=C/c1cc(I)cc(OC)c1OCc1ccc(C#N)cc1. The molecule has 0 saturated heterocycles. The Morgan fingerprint density at radius 2 is 1.87 bits per heavy atom. The number of urea groups is 1. The van der Waals surface area contributed by atoms with Gasteiger partial charge in [0.05, 0.1) is 50.3 Å². The second kappa shape index (κ2) is 16.5. The Bertz CT molecular complexity index is 1700. The number of nitrogens with one attached hydrogen (secondary N) is 3. The van der Waals surface area contributed by atoms with Crippen LogP contribution in [0.2, 0.25) is 0 Å². The second-order valence-corrected chi connectivity index (χ2v) is 11.3. The number of benzene rings is 3. The molecule has 0 spiro atoms. The third-order valence-corrected chi connectivity index (χ3v) is 7.46. The van der Waals surface area contributed by atoms with Crippen LogP contribution in [0.3, 0.4) is 0 Å². The summed E-state index contributed by atoms with van der Waals surface area (Å²) in [6.45, 7) is 3.79. The van der Waals surface area contributed by atoms with Gasteiger partial charge in [0, 0.05) is 14.8 Å². The highest BCUT2D eigenvalue weighted by atomic mass is 127. The van der Waals surface area contributed by atoms with Crippen molar-refractivity contribution < 1.29 is 38.4 Å². The summed E-state index contributed by atoms with van der Waals surface area (Å²) in [7, 11) is 2.81. The number of nitriles is 1. The molecule has 0 fully saturated rings. The molecule has 246 valence electrons. The zero-order valence-corrected chi connectivity index (χ0v) is 28.3. The van der Waals surface area contributed by atoms with Crippen molar-refractivity contribution in [3.63, 3.8) is 0 Å². The van der Waals surface area contributed by atoms with Gasteiger partial charge in [-0.3, -0.25) is 5.43 Å². The fraction of sp³-hybridized carbons (Fsp3) is 0.273. The van der Waals surface area contributed by atoms with Gasteiger partial charge in [0.25, 0.3) is 0 Å². The summed E-state index contributed by atoms with van der Waals surface area (Å²) in [6, 6.07) is 16.6. The normalized spacial score (nSPS) is 14.8. The first-order valence-electron chi connectivity index (χ1n) is 14.4. The Balaban J connectivity index is 1.44. The molecule has 0 unspecified atom stereocenters. The number of halogens is 1. The highest BCUT2D eigenvalue weighted by molar-refractivity contribution is 14.1. The summed E-state index contributed by atoms with van der Waals surface area (Å²) in [5.74, 6) is 1.07. The number of hydrogen-bond acceptors (Lipinski definition) is 11. The lowest BCUT2D eigenvalue weighted by molar-refractivity contribution is -0.136. The molecule has 4 N–H and O–H groups in total. The number of carbonyl (C=O) groups excluding carboxylic acids is 2. The molecule has 1 aliphatic rings. The first kappa shape index (κ1) is 34.9. The lowest BCUT2D eigenvalue weighted by Gasteiger charge is -2.28. The van der Waals surface area contributed by atoms with E-state index in [1.807, 2.05) is 24.3 Å². The smallest absolute Gasteiger partial charge is 0.337 e. The van der Waals surface area contributed by atoms with E-state index in [9.17, 15) is 14.7 Å². The number of methoxy groups -OCH3 is 2. The minimum atomic E-state index is -1.20. The number of allylic oxidation sites excluding steroid dienone is 1. The monoisotopic (exact) mass is 755 g/mol. The zero-order valence-electron chi connectivity index (χ0n) is 26.1. The maximum Gasteiger partial charge on any atom is 0.337 e. The van der Waals surface area contributed by atoms with Gasteiger partial charge in [-0.05, 0) is 84.0 Å². The average Bonchev–Trinajstić information content (AvgIpc) is 3.06. The number of carbonyl (C=O) groups is 2. The topological polar surface area (TPSA) is 173 Å². The zero-order chi connectivity index (χ0) is 33.9. The van der Waals surface area contributed by atoms with Crippen LogP contribution in [0.15, 0.2) is 71.0 Å². The van der Waals surface area contributed by atoms with E-state index in [1.165, 1.54) is 13.3 Å². The molecular formula is C33H34IN5O8. The van der Waals surface area contributed by atoms with Crippen LogP contribution in [0.5, 0.6) is 23.0 Å². The first-order chi connectivity index (χ1) is 22.7. The summed E-state index contributed by atoms with van der Waals surface area (Å²) in [5.41, 5.74) is 5.89. The highest BCUT2D eigenvalue weighted by Gasteiger charge is 2.32. The number of hydrogen-bond donors (Lipinski definition) is 4. The molecule has 0 aromatic heterocycles. The predicted octanol–water partition coefficient (Wildman–Crippen LogP) is 4.27. The molecule has 13 nitrogen and oxygen atoms in total. The molecule has 1 heterocycles. The van der Waals surface area contributed by atoms with Crippen molar-refractivity contribution in [2.45, 2.75) is 32.7 Å². The van der Waals surface area contributed by atoms with Crippen LogP contribution >= 0.6 is 22.6 Å². The molecule has 0 bridgehead atoms. The standard InChI is InChI=1S/C33H34IN5O8/c1-5-45-26-13-22(30-29(32(41)44-4)19(2)37-33(42)38-30)10-11-25(26)46-18-28(40)39-36-16-23-12-24(34)14-27(43-3)31(23)47-17-21-8-6-20(15-35)7-9-21/h6-14,16,28,30,39-40H,5,17-18H2,1-4H3,(H2,37,38,42)/b36-16+/t28-,30+/m0/s1. The van der Waals surface area contributed by atoms with Crippen LogP contribution in [0.4, 0.5) is 4.79 Å². The van der Waals surface area contributed by atoms with Crippen LogP contribution in [0.1, 0.15) is 42.1 Å². The fourth-order valence-corrected chi connectivity index (χ4v) is 5.26. The van der Waals surface area contributed by atoms with E-state index in [0.29, 0.717) is 52.0 Å². The highest BCUT2D eigenvalue weighted by Crippen LogP contribution is 2.35. The number of ether oxygens (including phenoxy) is 5. The Kier molecular flexibility index (Phi) is 12.3. The maximum absolute atomic E-state index is 12.5. The van der Waals surface area contributed by atoms with Crippen molar-refractivity contribution >= 4 is 40.8 Å². The Morgan fingerprint density at radius 1 is 1.11 bits per heavy atom. The van der Waals surface area contributed by atoms with Gasteiger partial charge in [0.1, 0.15) is 13.2 Å². The molecule has 0 radical (unpaired) electrons. The quantitative estimate of drug-likeness (QED) is 0.0612. The van der Waals surface area contributed by atoms with Crippen molar-refractivity contribution in [3.8, 4) is 29.1 Å². The van der Waals surface area contributed by atoms with Crippen molar-refractivity contribution in [2.24, 2.45) is 5.10 Å². The molecule has 3 aromatic carbocycles. The Hall–Kier alpha value is -5.01. The molecule has 14 heteroatoms. The van der Waals surface area contributed by atoms with Gasteiger partial charge in [-0.15, -0.1) is 0 Å². The molecule has 2 amide bonds. The molecule has 4 rings (SSSR count). The van der Waals surface area contributed by atoms with Gasteiger partial charge in [-0.2, -0.15) is 10.4 Å². The van der Waals surface area contributed by atoms with Gasteiger partial charge in [-0.25, -0.2) is 9.59 Å². The van der Waals surface area contributed by atoms with E-state index >= 15 is 0 Å². The van der Waals surface area contributed by atoms with E-state index < -0.39 is 24.3 Å². The lowest BCUT2D eigenvalue weighted by atomic mass is 9.95. The van der Waals surface area contributed by atoms with Gasteiger partial charge >= 0.3 is 12.0 Å². The number of nitrogens with zero attached hydrogens (tertiary/aromatic N) is 2. The molecular weight excluding hydrogens is 721 g/mol. The van der Waals surface area contributed by atoms with E-state index in [-0.39, 0.29) is 18.8 Å². The number of aliphatic hydroxyl groups is 1. The van der Waals surface area contributed by atoms with Crippen LogP contribution in [-0.2, 0) is 16.1 Å². The second-order valence-electron chi connectivity index (χ2n) is 10.0. The molecule has 47 heavy (non-hydrogen) atoms. The van der Waals surface area contributed by atoms with Gasteiger partial charge in [0.15, 0.2) is 29.2 Å². The van der Waals surface area contributed by atoms with Crippen molar-refractivity contribution in [3.05, 3.63) is 91.7 Å². The summed E-state index contributed by atoms with van der Waals surface area (Å²) >= 11 is 2.16. The Morgan fingerprint density at radius 3 is 2.55 bits per heavy atom. The molecule has 0 aliphatic carbocycles. The van der Waals surface area contributed by atoms with E-state index in [2.05, 4.69) is 49.8 Å². The van der Waals surface area contributed by atoms with E-state index in [1.54, 1.807) is 51.3 Å². The summed E-state index contributed by atoms with van der Waals surface area (Å²) in [6.07, 6.45) is 0.303. The number of aliphatic hydroxyl groups excluding tert-OH is 1. The Labute approximate surface area is 285 Å². The number of rotatable bonds is 14. The number of esters is 1. The van der Waals surface area contributed by atoms with Gasteiger partial charge in [-0.1, -0.05) is 18.2 Å². The van der Waals surface area contributed by atoms with Crippen molar-refractivity contribution in [1.29, 1.82) is 5.26 Å². The van der Waals surface area contributed by atoms with Crippen LogP contribution in [-0.4, -0.2) is 57.0 Å². The third-order valence-electron chi connectivity index (χ3n) is 6.83. The molecule has 0 saturated carbocycles. The summed E-state index contributed by atoms with van der Waals surface area (Å²) in [4.78, 5) is 24.7. The number of hydrazone groups is 1. The minimum Gasteiger partial charge on any atom is -0.493 e. The van der Waals surface area contributed by atoms with Gasteiger partial charge < -0.3 is 39.4 Å². The van der Waals surface area contributed by atoms with Crippen LogP contribution < -0.4 is 35.0 Å².